The Hall–Kier alpha value is -1.19. The zero-order valence-corrected chi connectivity index (χ0v) is 15.8. The smallest absolute Gasteiger partial charge is 0.240 e. The molecule has 1 aromatic carbocycles. The second-order valence-corrected chi connectivity index (χ2v) is 6.89. The molecule has 1 rings (SSSR count). The van der Waals surface area contributed by atoms with Gasteiger partial charge < -0.3 is 15.4 Å². The van der Waals surface area contributed by atoms with Gasteiger partial charge in [0.05, 0.1) is 18.0 Å². The molecule has 1 unspecified atom stereocenters. The molecule has 1 amide bonds. The lowest BCUT2D eigenvalue weighted by molar-refractivity contribution is -0.115. The van der Waals surface area contributed by atoms with Gasteiger partial charge in [0.2, 0.25) is 15.9 Å². The van der Waals surface area contributed by atoms with Gasteiger partial charge in [0.15, 0.2) is 0 Å². The van der Waals surface area contributed by atoms with Gasteiger partial charge in [-0.2, -0.15) is 0 Å². The number of nitrogens with one attached hydrogen (secondary N) is 3. The van der Waals surface area contributed by atoms with E-state index in [1.165, 1.54) is 12.1 Å². The summed E-state index contributed by atoms with van der Waals surface area (Å²) >= 11 is 0. The van der Waals surface area contributed by atoms with Crippen LogP contribution in [0.4, 0.5) is 5.69 Å². The van der Waals surface area contributed by atoms with Crippen molar-refractivity contribution in [2.24, 2.45) is 0 Å². The van der Waals surface area contributed by atoms with E-state index in [1.54, 1.807) is 26.2 Å². The van der Waals surface area contributed by atoms with Gasteiger partial charge in [-0.3, -0.25) is 4.79 Å². The van der Waals surface area contributed by atoms with Crippen LogP contribution < -0.4 is 15.4 Å². The maximum atomic E-state index is 12.2. The predicted molar refractivity (Wildman–Crippen MR) is 97.1 cm³/mol. The number of halogens is 1. The Balaban J connectivity index is 0.00000529. The minimum absolute atomic E-state index is 0. The third-order valence-corrected chi connectivity index (χ3v) is 4.75. The Morgan fingerprint density at radius 2 is 2.04 bits per heavy atom. The number of rotatable bonds is 10. The molecule has 0 fully saturated rings. The van der Waals surface area contributed by atoms with Gasteiger partial charge in [-0.1, -0.05) is 13.0 Å². The Kier molecular flexibility index (Phi) is 10.8. The molecule has 0 saturated heterocycles. The Morgan fingerprint density at radius 1 is 1.33 bits per heavy atom. The fraction of sp³-hybridized carbons (Fsp3) is 0.533. The molecule has 138 valence electrons. The van der Waals surface area contributed by atoms with Crippen LogP contribution in [0, 0.1) is 0 Å². The van der Waals surface area contributed by atoms with Crippen LogP contribution >= 0.6 is 12.4 Å². The zero-order valence-electron chi connectivity index (χ0n) is 14.2. The van der Waals surface area contributed by atoms with Gasteiger partial charge in [0, 0.05) is 25.4 Å². The van der Waals surface area contributed by atoms with E-state index in [2.05, 4.69) is 15.4 Å². The molecule has 0 saturated carbocycles. The second kappa shape index (κ2) is 11.4. The number of carbonyl (C=O) groups is 1. The van der Waals surface area contributed by atoms with Gasteiger partial charge in [-0.05, 0) is 31.5 Å². The first-order chi connectivity index (χ1) is 10.9. The molecule has 0 aliphatic carbocycles. The minimum atomic E-state index is -3.59. The quantitative estimate of drug-likeness (QED) is 0.533. The van der Waals surface area contributed by atoms with Crippen LogP contribution in [-0.2, 0) is 19.6 Å². The number of carbonyl (C=O) groups excluding carboxylic acids is 1. The maximum Gasteiger partial charge on any atom is 0.240 e. The van der Waals surface area contributed by atoms with E-state index < -0.39 is 10.0 Å². The Morgan fingerprint density at radius 3 is 2.67 bits per heavy atom. The molecule has 0 heterocycles. The molecule has 9 heteroatoms. The van der Waals surface area contributed by atoms with Crippen LogP contribution in [0.3, 0.4) is 0 Å². The minimum Gasteiger partial charge on any atom is -0.383 e. The van der Waals surface area contributed by atoms with Gasteiger partial charge >= 0.3 is 0 Å². The van der Waals surface area contributed by atoms with Crippen molar-refractivity contribution in [3.63, 3.8) is 0 Å². The number of amides is 1. The largest absolute Gasteiger partial charge is 0.383 e. The number of hydrogen-bond donors (Lipinski definition) is 3. The van der Waals surface area contributed by atoms with Gasteiger partial charge in [-0.15, -0.1) is 12.4 Å². The predicted octanol–water partition coefficient (Wildman–Crippen LogP) is 1.36. The molecule has 0 radical (unpaired) electrons. The summed E-state index contributed by atoms with van der Waals surface area (Å²) < 4.78 is 31.9. The number of benzene rings is 1. The van der Waals surface area contributed by atoms with Crippen molar-refractivity contribution in [3.05, 3.63) is 24.3 Å². The highest BCUT2D eigenvalue weighted by atomic mass is 35.5. The molecule has 0 aromatic heterocycles. The van der Waals surface area contributed by atoms with Crippen molar-refractivity contribution in [2.75, 3.05) is 32.1 Å². The molecule has 0 bridgehead atoms. The molecule has 1 atom stereocenters. The molecule has 0 aliphatic heterocycles. The lowest BCUT2D eigenvalue weighted by Gasteiger charge is -2.13. The van der Waals surface area contributed by atoms with E-state index in [1.807, 2.05) is 6.92 Å². The maximum absolute atomic E-state index is 12.2. The second-order valence-electron chi connectivity index (χ2n) is 5.18. The highest BCUT2D eigenvalue weighted by molar-refractivity contribution is 7.89. The van der Waals surface area contributed by atoms with Crippen molar-refractivity contribution in [1.82, 2.24) is 10.0 Å². The molecular weight excluding hydrogens is 354 g/mol. The Bertz CT molecular complexity index is 610. The van der Waals surface area contributed by atoms with E-state index in [0.29, 0.717) is 25.3 Å². The molecule has 3 N–H and O–H groups in total. The summed E-state index contributed by atoms with van der Waals surface area (Å²) in [5, 5.41) is 5.58. The average molecular weight is 380 g/mol. The lowest BCUT2D eigenvalue weighted by Crippen LogP contribution is -2.32. The van der Waals surface area contributed by atoms with E-state index in [0.717, 1.165) is 0 Å². The van der Waals surface area contributed by atoms with E-state index in [4.69, 9.17) is 4.74 Å². The standard InChI is InChI=1S/C15H25N3O4S.ClH/c1-4-12(2)18-23(20,21)14-7-5-6-13(10-14)17-15(19)11-16-8-9-22-3;/h5-7,10,12,16,18H,4,8-9,11H2,1-3H3,(H,17,19);1H. The third kappa shape index (κ3) is 8.07. The summed E-state index contributed by atoms with van der Waals surface area (Å²) in [4.78, 5) is 11.9. The van der Waals surface area contributed by atoms with Crippen molar-refractivity contribution in [3.8, 4) is 0 Å². The van der Waals surface area contributed by atoms with Crippen LogP contribution in [0.25, 0.3) is 0 Å². The average Bonchev–Trinajstić information content (AvgIpc) is 2.51. The SMILES string of the molecule is CCC(C)NS(=O)(=O)c1cccc(NC(=O)CNCCOC)c1.Cl. The molecule has 24 heavy (non-hydrogen) atoms. The molecular formula is C15H26ClN3O4S. The first-order valence-corrected chi connectivity index (χ1v) is 8.99. The summed E-state index contributed by atoms with van der Waals surface area (Å²) in [6.07, 6.45) is 0.697. The highest BCUT2D eigenvalue weighted by Gasteiger charge is 2.17. The summed E-state index contributed by atoms with van der Waals surface area (Å²) in [7, 11) is -2.00. The first kappa shape index (κ1) is 22.8. The number of anilines is 1. The van der Waals surface area contributed by atoms with Crippen molar-refractivity contribution in [1.29, 1.82) is 0 Å². The zero-order chi connectivity index (χ0) is 17.3. The Labute approximate surface area is 150 Å². The van der Waals surface area contributed by atoms with Crippen molar-refractivity contribution in [2.45, 2.75) is 31.2 Å². The normalized spacial score (nSPS) is 12.3. The van der Waals surface area contributed by atoms with Crippen LogP contribution in [0.1, 0.15) is 20.3 Å². The monoisotopic (exact) mass is 379 g/mol. The summed E-state index contributed by atoms with van der Waals surface area (Å²) in [6, 6.07) is 6.03. The van der Waals surface area contributed by atoms with Gasteiger partial charge in [0.1, 0.15) is 0 Å². The number of ether oxygens (including phenoxy) is 1. The fourth-order valence-electron chi connectivity index (χ4n) is 1.74. The molecule has 0 spiro atoms. The van der Waals surface area contributed by atoms with E-state index >= 15 is 0 Å². The summed E-state index contributed by atoms with van der Waals surface area (Å²) in [5.74, 6) is -0.245. The van der Waals surface area contributed by atoms with E-state index in [9.17, 15) is 13.2 Å². The molecule has 0 aliphatic rings. The van der Waals surface area contributed by atoms with Gasteiger partial charge in [0.25, 0.3) is 0 Å². The first-order valence-electron chi connectivity index (χ1n) is 7.51. The molecule has 1 aromatic rings. The van der Waals surface area contributed by atoms with Crippen molar-refractivity contribution >= 4 is 34.0 Å². The fourth-order valence-corrected chi connectivity index (χ4v) is 3.11. The van der Waals surface area contributed by atoms with Crippen LogP contribution in [0.15, 0.2) is 29.2 Å². The number of hydrogen-bond acceptors (Lipinski definition) is 5. The van der Waals surface area contributed by atoms with Crippen LogP contribution in [0.2, 0.25) is 0 Å². The van der Waals surface area contributed by atoms with E-state index in [-0.39, 0.29) is 35.8 Å². The number of methoxy groups -OCH3 is 1. The number of sulfonamides is 1. The summed E-state index contributed by atoms with van der Waals surface area (Å²) in [6.45, 7) is 4.92. The highest BCUT2D eigenvalue weighted by Crippen LogP contribution is 2.16. The van der Waals surface area contributed by atoms with Gasteiger partial charge in [-0.25, -0.2) is 13.1 Å². The topological polar surface area (TPSA) is 96.5 Å². The van der Waals surface area contributed by atoms with Crippen LogP contribution in [0.5, 0.6) is 0 Å². The summed E-state index contributed by atoms with van der Waals surface area (Å²) in [5.41, 5.74) is 0.440. The third-order valence-electron chi connectivity index (χ3n) is 3.17. The lowest BCUT2D eigenvalue weighted by atomic mass is 10.3. The molecule has 7 nitrogen and oxygen atoms in total. The van der Waals surface area contributed by atoms with Crippen molar-refractivity contribution < 1.29 is 17.9 Å². The van der Waals surface area contributed by atoms with Crippen LogP contribution in [-0.4, -0.2) is 47.2 Å².